The van der Waals surface area contributed by atoms with Gasteiger partial charge < -0.3 is 20.4 Å². The third kappa shape index (κ3) is 7.67. The van der Waals surface area contributed by atoms with Gasteiger partial charge in [0.15, 0.2) is 5.96 Å². The number of piperazine rings is 1. The number of rotatable bonds is 7. The number of halogens is 3. The van der Waals surface area contributed by atoms with Crippen LogP contribution < -0.4 is 10.6 Å². The van der Waals surface area contributed by atoms with Crippen molar-refractivity contribution in [1.82, 2.24) is 20.4 Å². The van der Waals surface area contributed by atoms with Crippen LogP contribution in [0.2, 0.25) is 0 Å². The average Bonchev–Trinajstić information content (AvgIpc) is 2.65. The number of nitrogens with one attached hydrogen (secondary N) is 2. The number of aliphatic imine (C=N–C) groups is 1. The molecule has 0 radical (unpaired) electrons. The molecule has 0 amide bonds. The number of hydrogen-bond acceptors (Lipinski definition) is 3. The molecule has 1 atom stereocenters. The van der Waals surface area contributed by atoms with E-state index in [0.29, 0.717) is 24.0 Å². The first-order chi connectivity index (χ1) is 13.3. The van der Waals surface area contributed by atoms with Crippen LogP contribution in [-0.2, 0) is 12.7 Å². The maximum absolute atomic E-state index is 12.8. The van der Waals surface area contributed by atoms with E-state index in [-0.39, 0.29) is 6.54 Å². The summed E-state index contributed by atoms with van der Waals surface area (Å²) in [6, 6.07) is 5.32. The number of guanidine groups is 1. The molecular formula is C20H32F3N5. The van der Waals surface area contributed by atoms with Crippen LogP contribution in [0, 0.1) is 5.92 Å². The van der Waals surface area contributed by atoms with Gasteiger partial charge in [-0.15, -0.1) is 0 Å². The van der Waals surface area contributed by atoms with E-state index in [0.717, 1.165) is 51.4 Å². The summed E-state index contributed by atoms with van der Waals surface area (Å²) in [4.78, 5) is 9.25. The topological polar surface area (TPSA) is 42.9 Å². The second-order valence-corrected chi connectivity index (χ2v) is 7.48. The molecule has 1 unspecified atom stereocenters. The van der Waals surface area contributed by atoms with Crippen molar-refractivity contribution in [3.05, 3.63) is 35.4 Å². The van der Waals surface area contributed by atoms with Crippen molar-refractivity contribution >= 4 is 5.96 Å². The van der Waals surface area contributed by atoms with Crippen molar-refractivity contribution in [2.24, 2.45) is 10.9 Å². The molecule has 28 heavy (non-hydrogen) atoms. The van der Waals surface area contributed by atoms with E-state index in [4.69, 9.17) is 0 Å². The molecular weight excluding hydrogens is 367 g/mol. The maximum Gasteiger partial charge on any atom is 0.416 e. The highest BCUT2D eigenvalue weighted by Gasteiger charge is 2.30. The molecule has 8 heteroatoms. The molecule has 158 valence electrons. The Morgan fingerprint density at radius 3 is 2.54 bits per heavy atom. The van der Waals surface area contributed by atoms with Gasteiger partial charge in [-0.05, 0) is 37.6 Å². The lowest BCUT2D eigenvalue weighted by molar-refractivity contribution is -0.137. The molecule has 1 aliphatic heterocycles. The van der Waals surface area contributed by atoms with Crippen LogP contribution in [-0.4, -0.2) is 68.6 Å². The molecule has 1 aromatic rings. The minimum absolute atomic E-state index is 0.200. The predicted molar refractivity (Wildman–Crippen MR) is 107 cm³/mol. The van der Waals surface area contributed by atoms with Gasteiger partial charge in [0.05, 0.1) is 12.1 Å². The van der Waals surface area contributed by atoms with Crippen LogP contribution in [0.25, 0.3) is 0 Å². The number of benzene rings is 1. The Balaban J connectivity index is 1.86. The van der Waals surface area contributed by atoms with Crippen molar-refractivity contribution in [3.8, 4) is 0 Å². The highest BCUT2D eigenvalue weighted by atomic mass is 19.4. The number of hydrogen-bond donors (Lipinski definition) is 2. The van der Waals surface area contributed by atoms with Crippen molar-refractivity contribution in [1.29, 1.82) is 0 Å². The summed E-state index contributed by atoms with van der Waals surface area (Å²) in [6.45, 7) is 11.2. The molecule has 1 aromatic carbocycles. The molecule has 1 fully saturated rings. The summed E-state index contributed by atoms with van der Waals surface area (Å²) in [5, 5.41) is 6.47. The molecule has 0 saturated carbocycles. The predicted octanol–water partition coefficient (Wildman–Crippen LogP) is 2.64. The molecule has 0 spiro atoms. The van der Waals surface area contributed by atoms with Crippen molar-refractivity contribution in [3.63, 3.8) is 0 Å². The summed E-state index contributed by atoms with van der Waals surface area (Å²) in [5.41, 5.74) is -0.100. The van der Waals surface area contributed by atoms with Crippen LogP contribution >= 0.6 is 0 Å². The lowest BCUT2D eigenvalue weighted by Gasteiger charge is -2.34. The first-order valence-electron chi connectivity index (χ1n) is 9.87. The van der Waals surface area contributed by atoms with Crippen LogP contribution in [0.3, 0.4) is 0 Å². The van der Waals surface area contributed by atoms with Crippen LogP contribution in [0.1, 0.15) is 25.0 Å². The van der Waals surface area contributed by atoms with E-state index in [2.05, 4.69) is 39.4 Å². The van der Waals surface area contributed by atoms with Gasteiger partial charge in [0.2, 0.25) is 0 Å². The highest BCUT2D eigenvalue weighted by Crippen LogP contribution is 2.29. The monoisotopic (exact) mass is 399 g/mol. The first kappa shape index (κ1) is 22.5. The van der Waals surface area contributed by atoms with Crippen LogP contribution in [0.5, 0.6) is 0 Å². The zero-order chi connectivity index (χ0) is 20.6. The fraction of sp³-hybridized carbons (Fsp3) is 0.650. The Morgan fingerprint density at radius 2 is 1.89 bits per heavy atom. The van der Waals surface area contributed by atoms with Crippen LogP contribution in [0.15, 0.2) is 29.3 Å². The van der Waals surface area contributed by atoms with Crippen molar-refractivity contribution < 1.29 is 13.2 Å². The fourth-order valence-electron chi connectivity index (χ4n) is 3.16. The molecule has 5 nitrogen and oxygen atoms in total. The Labute approximate surface area is 166 Å². The van der Waals surface area contributed by atoms with Gasteiger partial charge in [-0.2, -0.15) is 13.2 Å². The van der Waals surface area contributed by atoms with Gasteiger partial charge in [0, 0.05) is 45.8 Å². The summed E-state index contributed by atoms with van der Waals surface area (Å²) in [5.74, 6) is 1.07. The quantitative estimate of drug-likeness (QED) is 0.547. The SMILES string of the molecule is CCNC(=NCc1cccc(C(F)(F)F)c1)NCC(C)CN1CCN(C)CC1. The molecule has 2 rings (SSSR count). The van der Waals surface area contributed by atoms with Gasteiger partial charge in [-0.25, -0.2) is 4.99 Å². The minimum Gasteiger partial charge on any atom is -0.357 e. The van der Waals surface area contributed by atoms with Gasteiger partial charge in [-0.3, -0.25) is 0 Å². The molecule has 1 heterocycles. The summed E-state index contributed by atoms with van der Waals surface area (Å²) in [6.07, 6.45) is -4.33. The minimum atomic E-state index is -4.33. The van der Waals surface area contributed by atoms with Crippen molar-refractivity contribution in [2.45, 2.75) is 26.6 Å². The standard InChI is InChI=1S/C20H32F3N5/c1-4-24-19(25-13-16(2)15-28-10-8-27(3)9-11-28)26-14-17-6-5-7-18(12-17)20(21,22)23/h5-7,12,16H,4,8-11,13-15H2,1-3H3,(H2,24,25,26). The van der Waals surface area contributed by atoms with Crippen molar-refractivity contribution in [2.75, 3.05) is 52.9 Å². The molecule has 2 N–H and O–H groups in total. The van der Waals surface area contributed by atoms with Gasteiger partial charge in [0.25, 0.3) is 0 Å². The molecule has 1 saturated heterocycles. The lowest BCUT2D eigenvalue weighted by Crippen LogP contribution is -2.47. The zero-order valence-corrected chi connectivity index (χ0v) is 17.0. The fourth-order valence-corrected chi connectivity index (χ4v) is 3.16. The smallest absolute Gasteiger partial charge is 0.357 e. The van der Waals surface area contributed by atoms with Gasteiger partial charge in [0.1, 0.15) is 0 Å². The Hall–Kier alpha value is -1.80. The Morgan fingerprint density at radius 1 is 1.18 bits per heavy atom. The summed E-state index contributed by atoms with van der Waals surface area (Å²) in [7, 11) is 2.14. The summed E-state index contributed by atoms with van der Waals surface area (Å²) < 4.78 is 38.5. The third-order valence-corrected chi connectivity index (χ3v) is 4.80. The molecule has 0 aromatic heterocycles. The molecule has 1 aliphatic rings. The van der Waals surface area contributed by atoms with E-state index in [1.165, 1.54) is 6.07 Å². The van der Waals surface area contributed by atoms with E-state index in [1.54, 1.807) is 6.07 Å². The van der Waals surface area contributed by atoms with E-state index in [9.17, 15) is 13.2 Å². The van der Waals surface area contributed by atoms with E-state index < -0.39 is 11.7 Å². The average molecular weight is 400 g/mol. The molecule has 0 aliphatic carbocycles. The largest absolute Gasteiger partial charge is 0.416 e. The Bertz CT molecular complexity index is 625. The van der Waals surface area contributed by atoms with Gasteiger partial charge >= 0.3 is 6.18 Å². The first-order valence-corrected chi connectivity index (χ1v) is 9.87. The number of likely N-dealkylation sites (N-methyl/N-ethyl adjacent to an activating group) is 1. The van der Waals surface area contributed by atoms with E-state index >= 15 is 0 Å². The second-order valence-electron chi connectivity index (χ2n) is 7.48. The lowest BCUT2D eigenvalue weighted by atomic mass is 10.1. The maximum atomic E-state index is 12.8. The highest BCUT2D eigenvalue weighted by molar-refractivity contribution is 5.79. The second kappa shape index (κ2) is 10.7. The Kier molecular flexibility index (Phi) is 8.57. The zero-order valence-electron chi connectivity index (χ0n) is 17.0. The van der Waals surface area contributed by atoms with Crippen LogP contribution in [0.4, 0.5) is 13.2 Å². The number of alkyl halides is 3. The normalized spacial score (nSPS) is 18.1. The third-order valence-electron chi connectivity index (χ3n) is 4.80. The summed E-state index contributed by atoms with van der Waals surface area (Å²) >= 11 is 0. The number of nitrogens with zero attached hydrogens (tertiary/aromatic N) is 3. The van der Waals surface area contributed by atoms with Gasteiger partial charge in [-0.1, -0.05) is 19.1 Å². The van der Waals surface area contributed by atoms with E-state index in [1.807, 2.05) is 6.92 Å². The molecule has 0 bridgehead atoms.